The molecule has 0 spiro atoms. The second kappa shape index (κ2) is 9.24. The van der Waals surface area contributed by atoms with Gasteiger partial charge in [-0.25, -0.2) is 23.4 Å². The van der Waals surface area contributed by atoms with E-state index in [2.05, 4.69) is 28.3 Å². The minimum atomic E-state index is -3.50. The van der Waals surface area contributed by atoms with Gasteiger partial charge in [0.2, 0.25) is 5.95 Å². The average Bonchev–Trinajstić information content (AvgIpc) is 3.14. The van der Waals surface area contributed by atoms with Crippen LogP contribution in [0.5, 0.6) is 0 Å². The first-order valence-electron chi connectivity index (χ1n) is 11.7. The van der Waals surface area contributed by atoms with E-state index in [1.807, 2.05) is 13.8 Å². The molecule has 2 aromatic heterocycles. The van der Waals surface area contributed by atoms with Crippen molar-refractivity contribution in [3.05, 3.63) is 41.0 Å². The first-order chi connectivity index (χ1) is 16.1. The molecule has 1 aliphatic rings. The highest BCUT2D eigenvalue weighted by molar-refractivity contribution is 7.90. The van der Waals surface area contributed by atoms with E-state index in [4.69, 9.17) is 9.97 Å². The third kappa shape index (κ3) is 4.30. The number of aromatic nitrogens is 4. The number of imidazole rings is 1. The summed E-state index contributed by atoms with van der Waals surface area (Å²) >= 11 is 0. The van der Waals surface area contributed by atoms with Gasteiger partial charge in [0.25, 0.3) is 0 Å². The van der Waals surface area contributed by atoms with Crippen LogP contribution in [0.2, 0.25) is 0 Å². The van der Waals surface area contributed by atoms with Crippen molar-refractivity contribution in [1.82, 2.24) is 19.5 Å². The summed E-state index contributed by atoms with van der Waals surface area (Å²) in [6, 6.07) is 3.18. The molecule has 2 atom stereocenters. The second-order valence-electron chi connectivity index (χ2n) is 9.40. The SMILES string of the molecule is CCCC(O)c1cnc(N2CCn3c(nc4cc(CO)c(S(C)(=O)=O)cc43)[C@H]2C(C)C)nc1C. The Labute approximate surface area is 200 Å². The van der Waals surface area contributed by atoms with Gasteiger partial charge in [-0.05, 0) is 37.0 Å². The fraction of sp³-hybridized carbons (Fsp3) is 0.542. The number of sulfone groups is 1. The number of fused-ring (bicyclic) bond motifs is 3. The average molecular weight is 488 g/mol. The maximum atomic E-state index is 12.3. The summed E-state index contributed by atoms with van der Waals surface area (Å²) in [4.78, 5) is 16.5. The number of nitrogens with zero attached hydrogens (tertiary/aromatic N) is 5. The van der Waals surface area contributed by atoms with E-state index in [-0.39, 0.29) is 23.5 Å². The molecule has 9 nitrogen and oxygen atoms in total. The summed E-state index contributed by atoms with van der Waals surface area (Å²) in [5.41, 5.74) is 3.27. The minimum absolute atomic E-state index is 0.119. The largest absolute Gasteiger partial charge is 0.392 e. The molecule has 0 fully saturated rings. The first kappa shape index (κ1) is 24.6. The summed E-state index contributed by atoms with van der Waals surface area (Å²) in [6.07, 6.45) is 3.84. The number of aryl methyl sites for hydroxylation is 1. The van der Waals surface area contributed by atoms with Crippen LogP contribution in [0.4, 0.5) is 5.95 Å². The number of anilines is 1. The van der Waals surface area contributed by atoms with Gasteiger partial charge in [-0.3, -0.25) is 0 Å². The number of benzene rings is 1. The van der Waals surface area contributed by atoms with Crippen molar-refractivity contribution < 1.29 is 18.6 Å². The van der Waals surface area contributed by atoms with Gasteiger partial charge in [-0.15, -0.1) is 0 Å². The van der Waals surface area contributed by atoms with Gasteiger partial charge in [0, 0.05) is 36.8 Å². The fourth-order valence-electron chi connectivity index (χ4n) is 4.87. The number of aliphatic hydroxyl groups excluding tert-OH is 2. The molecule has 4 rings (SSSR count). The monoisotopic (exact) mass is 487 g/mol. The number of aliphatic hydroxyl groups is 2. The molecule has 10 heteroatoms. The lowest BCUT2D eigenvalue weighted by molar-refractivity contribution is 0.165. The van der Waals surface area contributed by atoms with Crippen molar-refractivity contribution in [3.63, 3.8) is 0 Å². The molecule has 0 saturated heterocycles. The highest BCUT2D eigenvalue weighted by Gasteiger charge is 2.35. The third-order valence-corrected chi connectivity index (χ3v) is 7.69. The van der Waals surface area contributed by atoms with Gasteiger partial charge in [0.15, 0.2) is 9.84 Å². The lowest BCUT2D eigenvalue weighted by atomic mass is 10.00. The van der Waals surface area contributed by atoms with Crippen LogP contribution in [0.3, 0.4) is 0 Å². The predicted molar refractivity (Wildman–Crippen MR) is 130 cm³/mol. The van der Waals surface area contributed by atoms with Crippen molar-refractivity contribution >= 4 is 26.8 Å². The molecule has 184 valence electrons. The minimum Gasteiger partial charge on any atom is -0.392 e. The first-order valence-corrected chi connectivity index (χ1v) is 13.6. The molecule has 34 heavy (non-hydrogen) atoms. The van der Waals surface area contributed by atoms with E-state index in [1.165, 1.54) is 0 Å². The Morgan fingerprint density at radius 1 is 1.21 bits per heavy atom. The van der Waals surface area contributed by atoms with Gasteiger partial charge < -0.3 is 19.7 Å². The molecule has 1 aliphatic heterocycles. The van der Waals surface area contributed by atoms with Gasteiger partial charge in [-0.2, -0.15) is 0 Å². The normalized spacial score (nSPS) is 17.4. The standard InChI is InChI=1S/C24H33N5O4S/c1-6-7-20(31)17-12-25-24(26-15(17)4)29-9-8-28-19-11-21(34(5,32)33)16(13-30)10-18(19)27-23(28)22(29)14(2)3/h10-12,14,20,22,30-31H,6-9,13H2,1-5H3/t20?,22-/m1/s1. The van der Waals surface area contributed by atoms with Crippen molar-refractivity contribution in [3.8, 4) is 0 Å². The summed E-state index contributed by atoms with van der Waals surface area (Å²) in [5, 5.41) is 20.2. The van der Waals surface area contributed by atoms with Crippen LogP contribution in [0.1, 0.15) is 68.4 Å². The van der Waals surface area contributed by atoms with Crippen LogP contribution >= 0.6 is 0 Å². The van der Waals surface area contributed by atoms with E-state index >= 15 is 0 Å². The summed E-state index contributed by atoms with van der Waals surface area (Å²) in [7, 11) is -3.50. The van der Waals surface area contributed by atoms with E-state index in [1.54, 1.807) is 18.3 Å². The zero-order chi connectivity index (χ0) is 24.8. The number of rotatable bonds is 7. The maximum Gasteiger partial charge on any atom is 0.226 e. The molecule has 0 aliphatic carbocycles. The molecule has 0 bridgehead atoms. The third-order valence-electron chi connectivity index (χ3n) is 6.51. The van der Waals surface area contributed by atoms with Gasteiger partial charge in [0.1, 0.15) is 5.82 Å². The Morgan fingerprint density at radius 3 is 2.53 bits per heavy atom. The zero-order valence-electron chi connectivity index (χ0n) is 20.4. The lowest BCUT2D eigenvalue weighted by Crippen LogP contribution is -2.42. The molecular weight excluding hydrogens is 454 g/mol. The van der Waals surface area contributed by atoms with E-state index in [0.717, 1.165) is 35.3 Å². The van der Waals surface area contributed by atoms with Crippen LogP contribution in [0.15, 0.2) is 23.2 Å². The van der Waals surface area contributed by atoms with E-state index < -0.39 is 15.9 Å². The van der Waals surface area contributed by atoms with E-state index in [9.17, 15) is 18.6 Å². The Hall–Kier alpha value is -2.56. The van der Waals surface area contributed by atoms with Crippen molar-refractivity contribution in [1.29, 1.82) is 0 Å². The summed E-state index contributed by atoms with van der Waals surface area (Å²) in [6.45, 7) is 9.01. The lowest BCUT2D eigenvalue weighted by Gasteiger charge is -2.38. The van der Waals surface area contributed by atoms with Gasteiger partial charge in [0.05, 0.1) is 34.7 Å². The molecule has 1 unspecified atom stereocenters. The number of hydrogen-bond acceptors (Lipinski definition) is 8. The Bertz CT molecular complexity index is 1320. The topological polar surface area (TPSA) is 121 Å². The fourth-order valence-corrected chi connectivity index (χ4v) is 5.80. The molecular formula is C24H33N5O4S. The smallest absolute Gasteiger partial charge is 0.226 e. The molecule has 0 amide bonds. The molecule has 3 heterocycles. The molecule has 0 saturated carbocycles. The molecule has 3 aromatic rings. The Balaban J connectivity index is 1.80. The highest BCUT2D eigenvalue weighted by Crippen LogP contribution is 2.37. The van der Waals surface area contributed by atoms with Crippen molar-refractivity contribution in [2.75, 3.05) is 17.7 Å². The Kier molecular flexibility index (Phi) is 6.67. The van der Waals surface area contributed by atoms with Gasteiger partial charge >= 0.3 is 0 Å². The van der Waals surface area contributed by atoms with Crippen LogP contribution in [-0.2, 0) is 23.0 Å². The van der Waals surface area contributed by atoms with Crippen LogP contribution in [-0.4, -0.2) is 51.0 Å². The van der Waals surface area contributed by atoms with Crippen LogP contribution in [0, 0.1) is 12.8 Å². The quantitative estimate of drug-likeness (QED) is 0.521. The van der Waals surface area contributed by atoms with Crippen LogP contribution < -0.4 is 4.90 Å². The zero-order valence-corrected chi connectivity index (χ0v) is 21.2. The summed E-state index contributed by atoms with van der Waals surface area (Å²) < 4.78 is 26.7. The maximum absolute atomic E-state index is 12.3. The molecule has 0 radical (unpaired) electrons. The Morgan fingerprint density at radius 2 is 1.94 bits per heavy atom. The van der Waals surface area contributed by atoms with Crippen molar-refractivity contribution in [2.45, 2.75) is 70.7 Å². The molecule has 1 aromatic carbocycles. The highest BCUT2D eigenvalue weighted by atomic mass is 32.2. The van der Waals surface area contributed by atoms with Crippen LogP contribution in [0.25, 0.3) is 11.0 Å². The van der Waals surface area contributed by atoms with Crippen molar-refractivity contribution in [2.24, 2.45) is 5.92 Å². The van der Waals surface area contributed by atoms with E-state index in [0.29, 0.717) is 36.5 Å². The second-order valence-corrected chi connectivity index (χ2v) is 11.4. The number of hydrogen-bond donors (Lipinski definition) is 2. The predicted octanol–water partition coefficient (Wildman–Crippen LogP) is 3.08. The summed E-state index contributed by atoms with van der Waals surface area (Å²) in [5.74, 6) is 1.59. The molecule has 2 N–H and O–H groups in total. The van der Waals surface area contributed by atoms with Gasteiger partial charge in [-0.1, -0.05) is 27.2 Å².